The Morgan fingerprint density at radius 3 is 2.54 bits per heavy atom. The molecule has 2 aromatic carbocycles. The minimum Gasteiger partial charge on any atom is -0.495 e. The molecule has 0 aliphatic rings. The molecule has 2 aromatic rings. The zero-order valence-corrected chi connectivity index (χ0v) is 14.9. The van der Waals surface area contributed by atoms with E-state index >= 15 is 0 Å². The number of rotatable bonds is 7. The lowest BCUT2D eigenvalue weighted by Crippen LogP contribution is -2.27. The van der Waals surface area contributed by atoms with E-state index in [0.717, 1.165) is 23.5 Å². The number of amides is 1. The van der Waals surface area contributed by atoms with Gasteiger partial charge in [0.05, 0.1) is 12.8 Å². The molecule has 24 heavy (non-hydrogen) atoms. The Bertz CT molecular complexity index is 698. The number of benzene rings is 2. The minimum atomic E-state index is -0.00926. The fourth-order valence-corrected chi connectivity index (χ4v) is 2.66. The lowest BCUT2D eigenvalue weighted by atomic mass is 10.2. The summed E-state index contributed by atoms with van der Waals surface area (Å²) < 4.78 is 5.31. The molecule has 0 atom stereocenters. The van der Waals surface area contributed by atoms with Crippen molar-refractivity contribution >= 4 is 17.3 Å². The van der Waals surface area contributed by atoms with Gasteiger partial charge in [-0.15, -0.1) is 0 Å². The monoisotopic (exact) mass is 326 g/mol. The number of carbonyl (C=O) groups excluding carboxylic acids is 1. The van der Waals surface area contributed by atoms with Gasteiger partial charge in [0, 0.05) is 25.2 Å². The summed E-state index contributed by atoms with van der Waals surface area (Å²) in [7, 11) is 1.61. The van der Waals surface area contributed by atoms with Crippen LogP contribution in [-0.2, 0) is 4.79 Å². The molecule has 4 heteroatoms. The first kappa shape index (κ1) is 17.9. The molecule has 0 aliphatic heterocycles. The van der Waals surface area contributed by atoms with Gasteiger partial charge in [0.25, 0.3) is 0 Å². The van der Waals surface area contributed by atoms with Gasteiger partial charge in [0.15, 0.2) is 0 Å². The lowest BCUT2D eigenvalue weighted by Gasteiger charge is -2.23. The molecule has 1 N–H and O–H groups in total. The van der Waals surface area contributed by atoms with Gasteiger partial charge in [-0.25, -0.2) is 0 Å². The van der Waals surface area contributed by atoms with E-state index in [2.05, 4.69) is 42.3 Å². The van der Waals surface area contributed by atoms with Gasteiger partial charge < -0.3 is 15.0 Å². The molecular weight excluding hydrogens is 300 g/mol. The average Bonchev–Trinajstić information content (AvgIpc) is 2.56. The van der Waals surface area contributed by atoms with Crippen LogP contribution in [0.4, 0.5) is 11.4 Å². The number of nitrogens with zero attached hydrogens (tertiary/aromatic N) is 1. The van der Waals surface area contributed by atoms with E-state index in [1.807, 2.05) is 31.2 Å². The Labute approximate surface area is 144 Å². The Morgan fingerprint density at radius 1 is 1.12 bits per heavy atom. The summed E-state index contributed by atoms with van der Waals surface area (Å²) in [6, 6.07) is 14.1. The predicted molar refractivity (Wildman–Crippen MR) is 100 cm³/mol. The van der Waals surface area contributed by atoms with Crippen LogP contribution >= 0.6 is 0 Å². The summed E-state index contributed by atoms with van der Waals surface area (Å²) in [6.07, 6.45) is 0.429. The van der Waals surface area contributed by atoms with Crippen molar-refractivity contribution in [1.29, 1.82) is 0 Å². The van der Waals surface area contributed by atoms with E-state index in [-0.39, 0.29) is 5.91 Å². The van der Waals surface area contributed by atoms with E-state index in [4.69, 9.17) is 4.74 Å². The van der Waals surface area contributed by atoms with Crippen molar-refractivity contribution in [2.45, 2.75) is 27.2 Å². The lowest BCUT2D eigenvalue weighted by molar-refractivity contribution is -0.116. The van der Waals surface area contributed by atoms with E-state index in [0.29, 0.717) is 18.7 Å². The van der Waals surface area contributed by atoms with Crippen LogP contribution in [0.3, 0.4) is 0 Å². The van der Waals surface area contributed by atoms with Crippen molar-refractivity contribution < 1.29 is 9.53 Å². The van der Waals surface area contributed by atoms with Crippen molar-refractivity contribution in [3.8, 4) is 5.75 Å². The third kappa shape index (κ3) is 4.75. The van der Waals surface area contributed by atoms with E-state index in [1.54, 1.807) is 7.11 Å². The number of methoxy groups -OCH3 is 1. The summed E-state index contributed by atoms with van der Waals surface area (Å²) in [4.78, 5) is 14.5. The Hall–Kier alpha value is -2.49. The molecule has 0 fully saturated rings. The topological polar surface area (TPSA) is 41.6 Å². The zero-order valence-electron chi connectivity index (χ0n) is 14.9. The molecular formula is C20H26N2O2. The number of hydrogen-bond acceptors (Lipinski definition) is 3. The SMILES string of the molecule is CCN(CCC(=O)Nc1cc(C)ccc1OC)c1cccc(C)c1. The van der Waals surface area contributed by atoms with Gasteiger partial charge in [-0.3, -0.25) is 4.79 Å². The Balaban J connectivity index is 1.98. The van der Waals surface area contributed by atoms with Gasteiger partial charge >= 0.3 is 0 Å². The van der Waals surface area contributed by atoms with Gasteiger partial charge in [-0.05, 0) is 56.2 Å². The zero-order chi connectivity index (χ0) is 17.5. The number of carbonyl (C=O) groups is 1. The van der Waals surface area contributed by atoms with E-state index < -0.39 is 0 Å². The number of nitrogens with one attached hydrogen (secondary N) is 1. The first-order valence-corrected chi connectivity index (χ1v) is 8.29. The highest BCUT2D eigenvalue weighted by Crippen LogP contribution is 2.25. The highest BCUT2D eigenvalue weighted by atomic mass is 16.5. The third-order valence-corrected chi connectivity index (χ3v) is 3.99. The van der Waals surface area contributed by atoms with Crippen molar-refractivity contribution in [3.05, 3.63) is 53.6 Å². The van der Waals surface area contributed by atoms with Crippen molar-refractivity contribution in [1.82, 2.24) is 0 Å². The summed E-state index contributed by atoms with van der Waals surface area (Å²) in [5.41, 5.74) is 4.18. The Morgan fingerprint density at radius 2 is 1.88 bits per heavy atom. The van der Waals surface area contributed by atoms with Crippen LogP contribution in [0.2, 0.25) is 0 Å². The highest BCUT2D eigenvalue weighted by molar-refractivity contribution is 5.92. The van der Waals surface area contributed by atoms with Crippen LogP contribution in [0.15, 0.2) is 42.5 Å². The largest absolute Gasteiger partial charge is 0.495 e. The first-order chi connectivity index (χ1) is 11.5. The molecule has 0 bridgehead atoms. The number of ether oxygens (including phenoxy) is 1. The van der Waals surface area contributed by atoms with Crippen molar-refractivity contribution in [3.63, 3.8) is 0 Å². The molecule has 2 rings (SSSR count). The Kier molecular flexibility index (Phi) is 6.24. The summed E-state index contributed by atoms with van der Waals surface area (Å²) in [5.74, 6) is 0.671. The average molecular weight is 326 g/mol. The standard InChI is InChI=1S/C20H26N2O2/c1-5-22(17-8-6-7-15(2)13-17)12-11-20(23)21-18-14-16(3)9-10-19(18)24-4/h6-10,13-14H,5,11-12H2,1-4H3,(H,21,23). The molecule has 4 nitrogen and oxygen atoms in total. The van der Waals surface area contributed by atoms with Gasteiger partial charge in [-0.2, -0.15) is 0 Å². The van der Waals surface area contributed by atoms with Gasteiger partial charge in [0.1, 0.15) is 5.75 Å². The fourth-order valence-electron chi connectivity index (χ4n) is 2.66. The number of aryl methyl sites for hydroxylation is 2. The molecule has 0 aliphatic carbocycles. The maximum atomic E-state index is 12.3. The second kappa shape index (κ2) is 8.39. The smallest absolute Gasteiger partial charge is 0.226 e. The van der Waals surface area contributed by atoms with Gasteiger partial charge in [0.2, 0.25) is 5.91 Å². The van der Waals surface area contributed by atoms with Crippen LogP contribution in [0, 0.1) is 13.8 Å². The number of hydrogen-bond donors (Lipinski definition) is 1. The molecule has 0 saturated carbocycles. The second-order valence-electron chi connectivity index (χ2n) is 5.92. The quantitative estimate of drug-likeness (QED) is 0.830. The maximum absolute atomic E-state index is 12.3. The highest BCUT2D eigenvalue weighted by Gasteiger charge is 2.11. The molecule has 0 saturated heterocycles. The molecule has 0 unspecified atom stereocenters. The van der Waals surface area contributed by atoms with Crippen LogP contribution in [0.1, 0.15) is 24.5 Å². The molecule has 1 amide bonds. The minimum absolute atomic E-state index is 0.00926. The summed E-state index contributed by atoms with van der Waals surface area (Å²) >= 11 is 0. The first-order valence-electron chi connectivity index (χ1n) is 8.29. The van der Waals surface area contributed by atoms with E-state index in [1.165, 1.54) is 5.56 Å². The predicted octanol–water partition coefficient (Wildman–Crippen LogP) is 4.17. The molecule has 128 valence electrons. The maximum Gasteiger partial charge on any atom is 0.226 e. The fraction of sp³-hybridized carbons (Fsp3) is 0.350. The van der Waals surface area contributed by atoms with Crippen LogP contribution in [-0.4, -0.2) is 26.1 Å². The molecule has 0 radical (unpaired) electrons. The van der Waals surface area contributed by atoms with Gasteiger partial charge in [-0.1, -0.05) is 18.2 Å². The summed E-state index contributed by atoms with van der Waals surface area (Å²) in [6.45, 7) is 7.72. The van der Waals surface area contributed by atoms with Crippen LogP contribution < -0.4 is 15.0 Å². The molecule has 0 aromatic heterocycles. The molecule has 0 spiro atoms. The van der Waals surface area contributed by atoms with Crippen LogP contribution in [0.5, 0.6) is 5.75 Å². The van der Waals surface area contributed by atoms with E-state index in [9.17, 15) is 4.79 Å². The normalized spacial score (nSPS) is 10.3. The third-order valence-electron chi connectivity index (χ3n) is 3.99. The molecule has 0 heterocycles. The number of anilines is 2. The van der Waals surface area contributed by atoms with Crippen molar-refractivity contribution in [2.24, 2.45) is 0 Å². The second-order valence-corrected chi connectivity index (χ2v) is 5.92. The van der Waals surface area contributed by atoms with Crippen molar-refractivity contribution in [2.75, 3.05) is 30.4 Å². The summed E-state index contributed by atoms with van der Waals surface area (Å²) in [5, 5.41) is 2.95. The van der Waals surface area contributed by atoms with Crippen LogP contribution in [0.25, 0.3) is 0 Å².